The lowest BCUT2D eigenvalue weighted by Crippen LogP contribution is -2.26. The fourth-order valence-corrected chi connectivity index (χ4v) is 6.10. The van der Waals surface area contributed by atoms with E-state index >= 15 is 0 Å². The summed E-state index contributed by atoms with van der Waals surface area (Å²) in [5, 5.41) is 13.3. The van der Waals surface area contributed by atoms with Gasteiger partial charge in [0.05, 0.1) is 29.3 Å². The van der Waals surface area contributed by atoms with Gasteiger partial charge in [-0.1, -0.05) is 18.2 Å². The van der Waals surface area contributed by atoms with Gasteiger partial charge in [-0.3, -0.25) is 14.1 Å². The maximum atomic E-state index is 13.5. The van der Waals surface area contributed by atoms with Crippen LogP contribution in [0.2, 0.25) is 0 Å². The molecule has 3 aromatic heterocycles. The first kappa shape index (κ1) is 30.4. The van der Waals surface area contributed by atoms with Gasteiger partial charge in [-0.15, -0.1) is 0 Å². The van der Waals surface area contributed by atoms with Crippen molar-refractivity contribution in [2.45, 2.75) is 44.2 Å². The normalized spacial score (nSPS) is 16.0. The number of pyridine rings is 1. The number of hydrogen-bond donors (Lipinski definition) is 3. The SMILES string of the molecule is C[C@H](Oc1cc(-c2nn(C)c3c(-c4cnn(CC5CCCN5)c4)cnc(N)c23)ccc1NS(=O)(=O)C(F)F)c1ccc(F)cc1. The minimum atomic E-state index is -5.01. The molecule has 11 nitrogen and oxygen atoms in total. The van der Waals surface area contributed by atoms with E-state index in [2.05, 4.69) is 15.4 Å². The molecule has 5 aromatic rings. The van der Waals surface area contributed by atoms with Gasteiger partial charge in [0.15, 0.2) is 0 Å². The highest BCUT2D eigenvalue weighted by Gasteiger charge is 2.27. The van der Waals surface area contributed by atoms with Crippen LogP contribution in [0.15, 0.2) is 61.1 Å². The zero-order chi connectivity index (χ0) is 31.9. The van der Waals surface area contributed by atoms with Crippen LogP contribution in [-0.4, -0.2) is 51.3 Å². The van der Waals surface area contributed by atoms with Crippen LogP contribution in [0.3, 0.4) is 0 Å². The minimum Gasteiger partial charge on any atom is -0.484 e. The Morgan fingerprint density at radius 1 is 1.16 bits per heavy atom. The van der Waals surface area contributed by atoms with Gasteiger partial charge < -0.3 is 15.8 Å². The molecule has 4 N–H and O–H groups in total. The van der Waals surface area contributed by atoms with Crippen LogP contribution in [0, 0.1) is 5.82 Å². The summed E-state index contributed by atoms with van der Waals surface area (Å²) in [5.74, 6) is -3.94. The number of fused-ring (bicyclic) bond motifs is 1. The third kappa shape index (κ3) is 6.17. The van der Waals surface area contributed by atoms with Crippen molar-refractivity contribution < 1.29 is 26.3 Å². The molecule has 1 aliphatic rings. The van der Waals surface area contributed by atoms with Crippen LogP contribution in [0.5, 0.6) is 5.75 Å². The topological polar surface area (TPSA) is 142 Å². The van der Waals surface area contributed by atoms with E-state index in [9.17, 15) is 21.6 Å². The number of nitrogens with zero attached hydrogens (tertiary/aromatic N) is 5. The van der Waals surface area contributed by atoms with Crippen molar-refractivity contribution in [2.24, 2.45) is 7.05 Å². The zero-order valence-electron chi connectivity index (χ0n) is 24.4. The largest absolute Gasteiger partial charge is 0.484 e. The molecule has 4 heterocycles. The Balaban J connectivity index is 1.41. The molecule has 0 amide bonds. The first-order valence-electron chi connectivity index (χ1n) is 14.2. The second-order valence-corrected chi connectivity index (χ2v) is 12.6. The van der Waals surface area contributed by atoms with E-state index in [0.29, 0.717) is 33.8 Å². The molecule has 2 aromatic carbocycles. The van der Waals surface area contributed by atoms with Gasteiger partial charge in [0.25, 0.3) is 10.0 Å². The average Bonchev–Trinajstić information content (AvgIpc) is 3.76. The Hall–Kier alpha value is -4.63. The molecule has 0 saturated carbocycles. The number of hydrogen-bond acceptors (Lipinski definition) is 8. The highest BCUT2D eigenvalue weighted by molar-refractivity contribution is 7.93. The number of sulfonamides is 1. The van der Waals surface area contributed by atoms with Crippen molar-refractivity contribution in [1.82, 2.24) is 29.9 Å². The number of rotatable bonds is 10. The van der Waals surface area contributed by atoms with E-state index in [0.717, 1.165) is 37.1 Å². The summed E-state index contributed by atoms with van der Waals surface area (Å²) in [4.78, 5) is 4.44. The maximum absolute atomic E-state index is 13.5. The number of nitrogen functional groups attached to an aromatic ring is 1. The van der Waals surface area contributed by atoms with Crippen molar-refractivity contribution in [3.63, 3.8) is 0 Å². The fraction of sp³-hybridized carbons (Fsp3) is 0.300. The van der Waals surface area contributed by atoms with Crippen molar-refractivity contribution in [2.75, 3.05) is 17.0 Å². The number of benzene rings is 2. The molecule has 0 bridgehead atoms. The van der Waals surface area contributed by atoms with E-state index in [1.165, 1.54) is 42.5 Å². The van der Waals surface area contributed by atoms with E-state index in [-0.39, 0.29) is 17.3 Å². The predicted octanol–water partition coefficient (Wildman–Crippen LogP) is 5.08. The number of nitrogens with one attached hydrogen (secondary N) is 2. The lowest BCUT2D eigenvalue weighted by molar-refractivity contribution is 0.228. The first-order valence-corrected chi connectivity index (χ1v) is 15.8. The molecule has 1 saturated heterocycles. The lowest BCUT2D eigenvalue weighted by Gasteiger charge is -2.19. The fourth-order valence-electron chi connectivity index (χ4n) is 5.53. The molecule has 1 aliphatic heterocycles. The van der Waals surface area contributed by atoms with Crippen LogP contribution in [0.4, 0.5) is 24.7 Å². The number of ether oxygens (including phenoxy) is 1. The Labute approximate surface area is 257 Å². The van der Waals surface area contributed by atoms with Gasteiger partial charge >= 0.3 is 5.76 Å². The van der Waals surface area contributed by atoms with E-state index in [1.807, 2.05) is 15.6 Å². The Morgan fingerprint density at radius 2 is 1.93 bits per heavy atom. The molecule has 0 radical (unpaired) electrons. The smallest absolute Gasteiger partial charge is 0.355 e. The number of halogens is 3. The highest BCUT2D eigenvalue weighted by Crippen LogP contribution is 2.40. The van der Waals surface area contributed by atoms with Gasteiger partial charge in [0.1, 0.15) is 29.2 Å². The Morgan fingerprint density at radius 3 is 2.64 bits per heavy atom. The molecule has 15 heteroatoms. The number of aryl methyl sites for hydroxylation is 1. The molecule has 0 aliphatic carbocycles. The predicted molar refractivity (Wildman–Crippen MR) is 165 cm³/mol. The van der Waals surface area contributed by atoms with Crippen molar-refractivity contribution in [3.8, 4) is 28.1 Å². The Bertz CT molecular complexity index is 1960. The highest BCUT2D eigenvalue weighted by atomic mass is 32.2. The zero-order valence-corrected chi connectivity index (χ0v) is 25.2. The third-order valence-corrected chi connectivity index (χ3v) is 8.76. The van der Waals surface area contributed by atoms with E-state index in [4.69, 9.17) is 15.6 Å². The van der Waals surface area contributed by atoms with Crippen molar-refractivity contribution >= 4 is 32.4 Å². The summed E-state index contributed by atoms with van der Waals surface area (Å²) in [6, 6.07) is 10.2. The summed E-state index contributed by atoms with van der Waals surface area (Å²) >= 11 is 0. The molecule has 1 fully saturated rings. The second-order valence-electron chi connectivity index (χ2n) is 10.9. The van der Waals surface area contributed by atoms with Crippen molar-refractivity contribution in [1.29, 1.82) is 0 Å². The Kier molecular flexibility index (Phi) is 8.14. The number of anilines is 2. The minimum absolute atomic E-state index is 0.0446. The van der Waals surface area contributed by atoms with Gasteiger partial charge in [-0.2, -0.15) is 19.0 Å². The van der Waals surface area contributed by atoms with Gasteiger partial charge in [-0.05, 0) is 56.1 Å². The van der Waals surface area contributed by atoms with Gasteiger partial charge in [0, 0.05) is 42.2 Å². The maximum Gasteiger partial charge on any atom is 0.355 e. The second kappa shape index (κ2) is 12.0. The summed E-state index contributed by atoms with van der Waals surface area (Å²) < 4.78 is 75.8. The number of nitrogens with two attached hydrogens (primary N) is 1. The van der Waals surface area contributed by atoms with Crippen LogP contribution >= 0.6 is 0 Å². The molecule has 0 spiro atoms. The van der Waals surface area contributed by atoms with Gasteiger partial charge in [0.2, 0.25) is 0 Å². The standard InChI is InChI=1S/C30H31F3N8O3S/c1-17(18-5-8-21(31)9-6-18)44-25-12-19(7-10-24(25)39-45(42,43)30(32)33)27-26-28(40(2)38-27)23(14-36-29(26)34)20-13-37-41(15-20)16-22-4-3-11-35-22/h5-10,12-15,17,22,30,35,39H,3-4,11,16H2,1-2H3,(H2,34,36)/t17-,22?/m0/s1. The summed E-state index contributed by atoms with van der Waals surface area (Å²) in [5.41, 5.74) is 9.94. The summed E-state index contributed by atoms with van der Waals surface area (Å²) in [6.07, 6.45) is 6.90. The van der Waals surface area contributed by atoms with Crippen LogP contribution in [0.25, 0.3) is 33.3 Å². The van der Waals surface area contributed by atoms with E-state index in [1.54, 1.807) is 31.0 Å². The number of alkyl halides is 2. The lowest BCUT2D eigenvalue weighted by atomic mass is 10.0. The molecular weight excluding hydrogens is 609 g/mol. The molecule has 2 atom stereocenters. The number of aromatic nitrogens is 5. The molecule has 6 rings (SSSR count). The molecular formula is C30H31F3N8O3S. The van der Waals surface area contributed by atoms with E-state index < -0.39 is 27.7 Å². The van der Waals surface area contributed by atoms with Crippen molar-refractivity contribution in [3.05, 3.63) is 72.4 Å². The monoisotopic (exact) mass is 640 g/mol. The first-order chi connectivity index (χ1) is 21.5. The van der Waals surface area contributed by atoms with Crippen LogP contribution in [-0.2, 0) is 23.6 Å². The van der Waals surface area contributed by atoms with Gasteiger partial charge in [-0.25, -0.2) is 17.8 Å². The van der Waals surface area contributed by atoms with Crippen LogP contribution < -0.4 is 20.5 Å². The quantitative estimate of drug-likeness (QED) is 0.192. The molecule has 1 unspecified atom stereocenters. The average molecular weight is 641 g/mol. The molecule has 45 heavy (non-hydrogen) atoms. The summed E-state index contributed by atoms with van der Waals surface area (Å²) in [6.45, 7) is 3.40. The molecule has 236 valence electrons. The van der Waals surface area contributed by atoms with Crippen LogP contribution in [0.1, 0.15) is 31.4 Å². The third-order valence-electron chi connectivity index (χ3n) is 7.79. The summed E-state index contributed by atoms with van der Waals surface area (Å²) in [7, 11) is -3.25.